The third kappa shape index (κ3) is 8.54. The molecule has 0 atom stereocenters. The zero-order valence-electron chi connectivity index (χ0n) is 8.78. The molecule has 0 aliphatic rings. The summed E-state index contributed by atoms with van der Waals surface area (Å²) >= 11 is 0. The van der Waals surface area contributed by atoms with Crippen LogP contribution >= 0.6 is 0 Å². The Labute approximate surface area is 92.9 Å². The average Bonchev–Trinajstić information content (AvgIpc) is 2.24. The van der Waals surface area contributed by atoms with Gasteiger partial charge in [0.1, 0.15) is 6.54 Å². The number of carboxylic acids is 1. The van der Waals surface area contributed by atoms with Crippen LogP contribution in [0.25, 0.3) is 0 Å². The summed E-state index contributed by atoms with van der Waals surface area (Å²) in [6.07, 6.45) is 2.29. The summed E-state index contributed by atoms with van der Waals surface area (Å²) in [7, 11) is 0. The van der Waals surface area contributed by atoms with Gasteiger partial charge in [0.05, 0.1) is 6.54 Å². The Hall–Kier alpha value is -2.05. The topological polar surface area (TPSA) is 108 Å². The van der Waals surface area contributed by atoms with Crippen LogP contribution in [0.15, 0.2) is 12.7 Å². The minimum absolute atomic E-state index is 0.257. The molecule has 16 heavy (non-hydrogen) atoms. The fourth-order valence-electron chi connectivity index (χ4n) is 0.748. The van der Waals surface area contributed by atoms with E-state index in [4.69, 9.17) is 5.11 Å². The molecule has 7 heteroatoms. The van der Waals surface area contributed by atoms with E-state index in [0.717, 1.165) is 0 Å². The van der Waals surface area contributed by atoms with Crippen LogP contribution in [0.3, 0.4) is 0 Å². The van der Waals surface area contributed by atoms with Crippen LogP contribution in [-0.4, -0.2) is 42.6 Å². The highest BCUT2D eigenvalue weighted by molar-refractivity contribution is 5.86. The first-order chi connectivity index (χ1) is 7.56. The van der Waals surface area contributed by atoms with Gasteiger partial charge in [-0.25, -0.2) is 4.79 Å². The van der Waals surface area contributed by atoms with Crippen LogP contribution in [0.4, 0.5) is 4.79 Å². The maximum absolute atomic E-state index is 11.0. The number of amides is 3. The standard InChI is InChI=1S/C9H15N3O4/c1-2-3-4-10-9(16)12-5-7(13)11-6-8(14)15/h2H,1,3-6H2,(H,11,13)(H,14,15)(H2,10,12,16). The number of carboxylic acid groups (broad SMARTS) is 1. The molecule has 0 saturated heterocycles. The quantitative estimate of drug-likeness (QED) is 0.334. The van der Waals surface area contributed by atoms with E-state index >= 15 is 0 Å². The van der Waals surface area contributed by atoms with Crippen molar-refractivity contribution in [3.8, 4) is 0 Å². The van der Waals surface area contributed by atoms with Crippen LogP contribution in [-0.2, 0) is 9.59 Å². The monoisotopic (exact) mass is 229 g/mol. The number of aliphatic carboxylic acids is 1. The third-order valence-electron chi connectivity index (χ3n) is 1.48. The van der Waals surface area contributed by atoms with Gasteiger partial charge < -0.3 is 21.1 Å². The number of nitrogens with one attached hydrogen (secondary N) is 3. The molecule has 7 nitrogen and oxygen atoms in total. The molecule has 0 bridgehead atoms. The molecule has 0 saturated carbocycles. The molecule has 0 aromatic rings. The molecular weight excluding hydrogens is 214 g/mol. The normalized spacial score (nSPS) is 9.00. The highest BCUT2D eigenvalue weighted by atomic mass is 16.4. The Morgan fingerprint density at radius 1 is 1.12 bits per heavy atom. The van der Waals surface area contributed by atoms with Crippen LogP contribution in [0.5, 0.6) is 0 Å². The van der Waals surface area contributed by atoms with Crippen molar-refractivity contribution in [1.29, 1.82) is 0 Å². The molecule has 90 valence electrons. The van der Waals surface area contributed by atoms with Gasteiger partial charge in [0.15, 0.2) is 0 Å². The Balaban J connectivity index is 3.54. The van der Waals surface area contributed by atoms with Gasteiger partial charge >= 0.3 is 12.0 Å². The SMILES string of the molecule is C=CCCNC(=O)NCC(=O)NCC(=O)O. The largest absolute Gasteiger partial charge is 0.480 e. The minimum atomic E-state index is -1.14. The molecular formula is C9H15N3O4. The average molecular weight is 229 g/mol. The van der Waals surface area contributed by atoms with Crippen molar-refractivity contribution in [2.45, 2.75) is 6.42 Å². The second-order valence-electron chi connectivity index (χ2n) is 2.86. The number of hydrogen-bond donors (Lipinski definition) is 4. The van der Waals surface area contributed by atoms with Crippen molar-refractivity contribution in [1.82, 2.24) is 16.0 Å². The van der Waals surface area contributed by atoms with E-state index in [-0.39, 0.29) is 6.54 Å². The van der Waals surface area contributed by atoms with E-state index in [0.29, 0.717) is 13.0 Å². The lowest BCUT2D eigenvalue weighted by Gasteiger charge is -2.06. The third-order valence-corrected chi connectivity index (χ3v) is 1.48. The van der Waals surface area contributed by atoms with Gasteiger partial charge in [0.25, 0.3) is 0 Å². The second kappa shape index (κ2) is 8.27. The smallest absolute Gasteiger partial charge is 0.322 e. The van der Waals surface area contributed by atoms with Gasteiger partial charge in [-0.05, 0) is 6.42 Å². The number of urea groups is 1. The predicted molar refractivity (Wildman–Crippen MR) is 56.9 cm³/mol. The molecule has 3 amide bonds. The van der Waals surface area contributed by atoms with Crippen molar-refractivity contribution in [3.63, 3.8) is 0 Å². The second-order valence-corrected chi connectivity index (χ2v) is 2.86. The summed E-state index contributed by atoms with van der Waals surface area (Å²) in [4.78, 5) is 32.0. The van der Waals surface area contributed by atoms with E-state index in [1.807, 2.05) is 0 Å². The summed E-state index contributed by atoms with van der Waals surface area (Å²) in [5.74, 6) is -1.69. The molecule has 0 fully saturated rings. The Bertz CT molecular complexity index is 278. The van der Waals surface area contributed by atoms with Gasteiger partial charge in [-0.2, -0.15) is 0 Å². The van der Waals surface area contributed by atoms with Crippen molar-refractivity contribution < 1.29 is 19.5 Å². The van der Waals surface area contributed by atoms with Crippen LogP contribution in [0.1, 0.15) is 6.42 Å². The van der Waals surface area contributed by atoms with E-state index < -0.39 is 24.5 Å². The molecule has 0 aliphatic heterocycles. The van der Waals surface area contributed by atoms with E-state index in [1.54, 1.807) is 6.08 Å². The first-order valence-electron chi connectivity index (χ1n) is 4.67. The van der Waals surface area contributed by atoms with Gasteiger partial charge in [-0.3, -0.25) is 9.59 Å². The summed E-state index contributed by atoms with van der Waals surface area (Å²) in [6, 6.07) is -0.479. The Kier molecular flexibility index (Phi) is 7.21. The molecule has 0 heterocycles. The molecule has 0 unspecified atom stereocenters. The lowest BCUT2D eigenvalue weighted by molar-refractivity contribution is -0.137. The summed E-state index contributed by atoms with van der Waals surface area (Å²) in [6.45, 7) is 3.20. The highest BCUT2D eigenvalue weighted by Crippen LogP contribution is 1.75. The van der Waals surface area contributed by atoms with E-state index in [2.05, 4.69) is 22.5 Å². The minimum Gasteiger partial charge on any atom is -0.480 e. The van der Waals surface area contributed by atoms with Gasteiger partial charge in [0.2, 0.25) is 5.91 Å². The molecule has 0 rings (SSSR count). The predicted octanol–water partition coefficient (Wildman–Crippen LogP) is -0.937. The maximum atomic E-state index is 11.0. The van der Waals surface area contributed by atoms with Crippen LogP contribution in [0, 0.1) is 0 Å². The lowest BCUT2D eigenvalue weighted by atomic mass is 10.4. The van der Waals surface area contributed by atoms with E-state index in [1.165, 1.54) is 0 Å². The number of carbonyl (C=O) groups is 3. The molecule has 0 aromatic carbocycles. The van der Waals surface area contributed by atoms with Gasteiger partial charge in [0, 0.05) is 6.54 Å². The fraction of sp³-hybridized carbons (Fsp3) is 0.444. The first-order valence-corrected chi connectivity index (χ1v) is 4.67. The summed E-state index contributed by atoms with van der Waals surface area (Å²) < 4.78 is 0. The maximum Gasteiger partial charge on any atom is 0.322 e. The molecule has 0 aromatic heterocycles. The molecule has 4 N–H and O–H groups in total. The zero-order chi connectivity index (χ0) is 12.4. The van der Waals surface area contributed by atoms with Crippen molar-refractivity contribution >= 4 is 17.9 Å². The van der Waals surface area contributed by atoms with E-state index in [9.17, 15) is 14.4 Å². The Morgan fingerprint density at radius 2 is 1.81 bits per heavy atom. The van der Waals surface area contributed by atoms with Crippen LogP contribution < -0.4 is 16.0 Å². The first kappa shape index (κ1) is 13.9. The number of carbonyl (C=O) groups excluding carboxylic acids is 2. The Morgan fingerprint density at radius 3 is 2.38 bits per heavy atom. The van der Waals surface area contributed by atoms with Crippen molar-refractivity contribution in [2.24, 2.45) is 0 Å². The highest BCUT2D eigenvalue weighted by Gasteiger charge is 2.05. The number of rotatable bonds is 7. The van der Waals surface area contributed by atoms with Crippen molar-refractivity contribution in [2.75, 3.05) is 19.6 Å². The zero-order valence-corrected chi connectivity index (χ0v) is 8.78. The summed E-state index contributed by atoms with van der Waals surface area (Å²) in [5, 5.41) is 15.1. The fourth-order valence-corrected chi connectivity index (χ4v) is 0.748. The number of hydrogen-bond acceptors (Lipinski definition) is 3. The molecule has 0 radical (unpaired) electrons. The van der Waals surface area contributed by atoms with Crippen molar-refractivity contribution in [3.05, 3.63) is 12.7 Å². The summed E-state index contributed by atoms with van der Waals surface area (Å²) in [5.41, 5.74) is 0. The lowest BCUT2D eigenvalue weighted by Crippen LogP contribution is -2.43. The molecule has 0 aliphatic carbocycles. The van der Waals surface area contributed by atoms with Crippen LogP contribution in [0.2, 0.25) is 0 Å². The molecule has 0 spiro atoms. The van der Waals surface area contributed by atoms with Gasteiger partial charge in [-0.15, -0.1) is 6.58 Å². The van der Waals surface area contributed by atoms with Gasteiger partial charge in [-0.1, -0.05) is 6.08 Å².